The Bertz CT molecular complexity index is 707. The monoisotopic (exact) mass is 291 g/mol. The Morgan fingerprint density at radius 2 is 1.60 bits per heavy atom. The molecule has 4 N–H and O–H groups in total. The molecule has 2 rings (SSSR count). The molecule has 106 valence electrons. The van der Waals surface area contributed by atoms with Crippen LogP contribution in [0.5, 0.6) is 0 Å². The fourth-order valence-electron chi connectivity index (χ4n) is 2.06. The number of benzene rings is 2. The van der Waals surface area contributed by atoms with E-state index < -0.39 is 10.0 Å². The second kappa shape index (κ2) is 5.52. The van der Waals surface area contributed by atoms with Crippen LogP contribution < -0.4 is 16.0 Å². The van der Waals surface area contributed by atoms with Crippen molar-refractivity contribution >= 4 is 21.4 Å². The Morgan fingerprint density at radius 3 is 2.20 bits per heavy atom. The number of rotatable bonds is 4. The Morgan fingerprint density at radius 1 is 1.00 bits per heavy atom. The van der Waals surface area contributed by atoms with Crippen LogP contribution in [-0.4, -0.2) is 8.42 Å². The van der Waals surface area contributed by atoms with Gasteiger partial charge in [-0.1, -0.05) is 18.2 Å². The molecule has 20 heavy (non-hydrogen) atoms. The van der Waals surface area contributed by atoms with Gasteiger partial charge in [0.1, 0.15) is 4.90 Å². The molecule has 0 unspecified atom stereocenters. The lowest BCUT2D eigenvalue weighted by atomic mass is 10.1. The van der Waals surface area contributed by atoms with Gasteiger partial charge >= 0.3 is 0 Å². The highest BCUT2D eigenvalue weighted by molar-refractivity contribution is 7.92. The average molecular weight is 291 g/mol. The van der Waals surface area contributed by atoms with E-state index in [1.165, 1.54) is 6.07 Å². The molecule has 0 saturated carbocycles. The van der Waals surface area contributed by atoms with E-state index in [1.54, 1.807) is 30.3 Å². The highest BCUT2D eigenvalue weighted by atomic mass is 32.2. The third kappa shape index (κ3) is 3.09. The van der Waals surface area contributed by atoms with Gasteiger partial charge in [-0.05, 0) is 49.2 Å². The number of anilines is 2. The van der Waals surface area contributed by atoms with Gasteiger partial charge in [0.15, 0.2) is 0 Å². The van der Waals surface area contributed by atoms with Crippen LogP contribution in [0, 0.1) is 13.8 Å². The third-order valence-corrected chi connectivity index (χ3v) is 4.25. The van der Waals surface area contributed by atoms with E-state index in [4.69, 9.17) is 5.84 Å². The van der Waals surface area contributed by atoms with E-state index in [1.807, 2.05) is 19.9 Å². The average Bonchev–Trinajstić information content (AvgIpc) is 2.36. The lowest BCUT2D eigenvalue weighted by molar-refractivity contribution is 0.601. The summed E-state index contributed by atoms with van der Waals surface area (Å²) in [5.41, 5.74) is 5.27. The van der Waals surface area contributed by atoms with Crippen LogP contribution in [0.1, 0.15) is 11.1 Å². The minimum atomic E-state index is -3.68. The maximum absolute atomic E-state index is 12.4. The normalized spacial score (nSPS) is 11.2. The van der Waals surface area contributed by atoms with Crippen LogP contribution in [0.3, 0.4) is 0 Å². The summed E-state index contributed by atoms with van der Waals surface area (Å²) in [4.78, 5) is 0.113. The van der Waals surface area contributed by atoms with Crippen molar-refractivity contribution in [3.63, 3.8) is 0 Å². The van der Waals surface area contributed by atoms with Crippen molar-refractivity contribution in [1.82, 2.24) is 0 Å². The van der Waals surface area contributed by atoms with Crippen molar-refractivity contribution in [1.29, 1.82) is 0 Å². The van der Waals surface area contributed by atoms with Crippen molar-refractivity contribution in [2.45, 2.75) is 18.7 Å². The fraction of sp³-hybridized carbons (Fsp3) is 0.143. The first-order chi connectivity index (χ1) is 9.42. The van der Waals surface area contributed by atoms with Gasteiger partial charge in [0.2, 0.25) is 0 Å². The number of hydrazine groups is 1. The second-order valence-corrected chi connectivity index (χ2v) is 6.27. The fourth-order valence-corrected chi connectivity index (χ4v) is 3.28. The minimum Gasteiger partial charge on any atom is -0.323 e. The van der Waals surface area contributed by atoms with Crippen LogP contribution in [0.2, 0.25) is 0 Å². The first kappa shape index (κ1) is 14.4. The number of hydrogen-bond donors (Lipinski definition) is 3. The number of nitrogens with two attached hydrogens (primary N) is 1. The highest BCUT2D eigenvalue weighted by Crippen LogP contribution is 2.23. The molecule has 5 nitrogen and oxygen atoms in total. The molecular weight excluding hydrogens is 274 g/mol. The van der Waals surface area contributed by atoms with Crippen molar-refractivity contribution in [3.05, 3.63) is 53.6 Å². The third-order valence-electron chi connectivity index (χ3n) is 2.81. The summed E-state index contributed by atoms with van der Waals surface area (Å²) in [6.07, 6.45) is 0. The summed E-state index contributed by atoms with van der Waals surface area (Å²) in [5, 5.41) is 0. The van der Waals surface area contributed by atoms with Crippen LogP contribution in [0.25, 0.3) is 0 Å². The number of aryl methyl sites for hydroxylation is 2. The van der Waals surface area contributed by atoms with E-state index in [2.05, 4.69) is 10.1 Å². The van der Waals surface area contributed by atoms with Crippen molar-refractivity contribution in [2.75, 3.05) is 10.1 Å². The molecule has 0 atom stereocenters. The first-order valence-corrected chi connectivity index (χ1v) is 7.57. The first-order valence-electron chi connectivity index (χ1n) is 6.09. The van der Waals surface area contributed by atoms with E-state index in [-0.39, 0.29) is 4.90 Å². The van der Waals surface area contributed by atoms with E-state index in [0.29, 0.717) is 11.4 Å². The lowest BCUT2D eigenvalue weighted by Crippen LogP contribution is -2.17. The van der Waals surface area contributed by atoms with Crippen molar-refractivity contribution in [3.8, 4) is 0 Å². The minimum absolute atomic E-state index is 0.113. The lowest BCUT2D eigenvalue weighted by Gasteiger charge is -2.12. The SMILES string of the molecule is Cc1cc(C)cc(NS(=O)(=O)c2ccccc2NN)c1. The number of sulfonamides is 1. The summed E-state index contributed by atoms with van der Waals surface area (Å²) < 4.78 is 27.4. The Labute approximate surface area is 118 Å². The summed E-state index contributed by atoms with van der Waals surface area (Å²) in [5.74, 6) is 5.35. The maximum atomic E-state index is 12.4. The van der Waals surface area contributed by atoms with Gasteiger partial charge in [-0.25, -0.2) is 8.42 Å². The predicted octanol–water partition coefficient (Wildman–Crippen LogP) is 2.39. The summed E-state index contributed by atoms with van der Waals surface area (Å²) in [6.45, 7) is 3.83. The molecule has 0 radical (unpaired) electrons. The topological polar surface area (TPSA) is 84.2 Å². The zero-order valence-corrected chi connectivity index (χ0v) is 12.2. The zero-order valence-electron chi connectivity index (χ0n) is 11.3. The van der Waals surface area contributed by atoms with Gasteiger partial charge in [-0.3, -0.25) is 10.6 Å². The molecule has 0 amide bonds. The van der Waals surface area contributed by atoms with Gasteiger partial charge in [-0.2, -0.15) is 0 Å². The van der Waals surface area contributed by atoms with E-state index in [0.717, 1.165) is 11.1 Å². The molecule has 6 heteroatoms. The van der Waals surface area contributed by atoms with E-state index in [9.17, 15) is 8.42 Å². The van der Waals surface area contributed by atoms with Gasteiger partial charge in [-0.15, -0.1) is 0 Å². The number of nitrogens with one attached hydrogen (secondary N) is 2. The quantitative estimate of drug-likeness (QED) is 0.596. The molecule has 0 saturated heterocycles. The van der Waals surface area contributed by atoms with Crippen LogP contribution in [0.4, 0.5) is 11.4 Å². The van der Waals surface area contributed by atoms with E-state index >= 15 is 0 Å². The molecule has 0 spiro atoms. The second-order valence-electron chi connectivity index (χ2n) is 4.62. The van der Waals surface area contributed by atoms with Gasteiger partial charge < -0.3 is 5.43 Å². The molecule has 0 bridgehead atoms. The maximum Gasteiger partial charge on any atom is 0.264 e. The molecule has 0 aliphatic rings. The number of hydrogen-bond acceptors (Lipinski definition) is 4. The summed E-state index contributed by atoms with van der Waals surface area (Å²) >= 11 is 0. The standard InChI is InChI=1S/C14H17N3O2S/c1-10-7-11(2)9-12(8-10)17-20(18,19)14-6-4-3-5-13(14)16-15/h3-9,16-17H,15H2,1-2H3. The molecule has 2 aromatic rings. The smallest absolute Gasteiger partial charge is 0.264 e. The Hall–Kier alpha value is -2.05. The molecule has 0 fully saturated rings. The molecular formula is C14H17N3O2S. The molecule has 2 aromatic carbocycles. The molecule has 0 aromatic heterocycles. The van der Waals surface area contributed by atoms with Gasteiger partial charge in [0.05, 0.1) is 5.69 Å². The largest absolute Gasteiger partial charge is 0.323 e. The molecule has 0 aliphatic heterocycles. The summed E-state index contributed by atoms with van der Waals surface area (Å²) in [7, 11) is -3.68. The number of nitrogen functional groups attached to an aromatic ring is 1. The predicted molar refractivity (Wildman–Crippen MR) is 81.0 cm³/mol. The van der Waals surface area contributed by atoms with Gasteiger partial charge in [0, 0.05) is 5.69 Å². The van der Waals surface area contributed by atoms with Crippen LogP contribution in [-0.2, 0) is 10.0 Å². The Kier molecular flexibility index (Phi) is 3.96. The summed E-state index contributed by atoms with van der Waals surface area (Å²) in [6, 6.07) is 12.0. The van der Waals surface area contributed by atoms with Crippen molar-refractivity contribution < 1.29 is 8.42 Å². The van der Waals surface area contributed by atoms with Crippen molar-refractivity contribution in [2.24, 2.45) is 5.84 Å². The zero-order chi connectivity index (χ0) is 14.8. The highest BCUT2D eigenvalue weighted by Gasteiger charge is 2.18. The number of para-hydroxylation sites is 1. The van der Waals surface area contributed by atoms with Crippen LogP contribution in [0.15, 0.2) is 47.4 Å². The van der Waals surface area contributed by atoms with Crippen LogP contribution >= 0.6 is 0 Å². The Balaban J connectivity index is 2.41. The van der Waals surface area contributed by atoms with Gasteiger partial charge in [0.25, 0.3) is 10.0 Å². The molecule has 0 aliphatic carbocycles. The molecule has 0 heterocycles.